The van der Waals surface area contributed by atoms with Crippen LogP contribution in [0.25, 0.3) is 222 Å². The fourth-order valence-electron chi connectivity index (χ4n) is 18.2. The predicted molar refractivity (Wildman–Crippen MR) is 498 cm³/mol. The van der Waals surface area contributed by atoms with Crippen LogP contribution in [-0.4, -0.2) is 43.2 Å². The summed E-state index contributed by atoms with van der Waals surface area (Å²) in [6.07, 6.45) is 0. The lowest BCUT2D eigenvalue weighted by Gasteiger charge is -2.15. The zero-order valence-electron chi connectivity index (χ0n) is 65.0. The Morgan fingerprint density at radius 3 is 0.775 bits per heavy atom. The van der Waals surface area contributed by atoms with Crippen LogP contribution in [0.15, 0.2) is 431 Å². The van der Waals surface area contributed by atoms with Crippen LogP contribution < -0.4 is 0 Å². The summed E-state index contributed by atoms with van der Waals surface area (Å²) in [5, 5.41) is 14.3. The third kappa shape index (κ3) is 11.8. The van der Waals surface area contributed by atoms with Gasteiger partial charge in [0.05, 0.1) is 55.5 Å². The highest BCUT2D eigenvalue weighted by Gasteiger charge is 2.26. The van der Waals surface area contributed by atoms with Crippen molar-refractivity contribution in [3.8, 4) is 113 Å². The number of aromatic nitrogens is 9. The van der Waals surface area contributed by atoms with Gasteiger partial charge in [-0.15, -0.1) is 0 Å². The van der Waals surface area contributed by atoms with Gasteiger partial charge in [0.2, 0.25) is 0 Å². The van der Waals surface area contributed by atoms with Gasteiger partial charge in [-0.1, -0.05) is 328 Å². The van der Waals surface area contributed by atoms with Crippen LogP contribution in [0.2, 0.25) is 0 Å². The third-order valence-electron chi connectivity index (χ3n) is 23.7. The van der Waals surface area contributed by atoms with Gasteiger partial charge < -0.3 is 18.3 Å². The van der Waals surface area contributed by atoms with Crippen LogP contribution in [0.1, 0.15) is 0 Å². The molecule has 0 aliphatic heterocycles. The Bertz CT molecular complexity index is 7620. The van der Waals surface area contributed by atoms with Crippen LogP contribution >= 0.6 is 0 Å². The van der Waals surface area contributed by atoms with Gasteiger partial charge >= 0.3 is 0 Å². The van der Waals surface area contributed by atoms with Crippen molar-refractivity contribution in [3.05, 3.63) is 431 Å². The minimum atomic E-state index is 0.623. The second kappa shape index (κ2) is 28.9. The van der Waals surface area contributed by atoms with E-state index >= 15 is 0 Å². The summed E-state index contributed by atoms with van der Waals surface area (Å²) in [4.78, 5) is 26.3. The summed E-state index contributed by atoms with van der Waals surface area (Å²) in [6, 6.07) is 153. The SMILES string of the molecule is c1ccc(-c2ccc(-c3cc(-c4ccccc4)nc(-c4cc(-n5c6ccccc6c6c7c8ccccc8n(-c8ccccc8)c7ccc65)cc5ccccc45)n3)cc2)cc1.c1ccc(-c2ccc(-c3nc(-c4ccccc4)nc(-c4cc(-n5c6ccccc6c6c7c8ccccc8n(-c8ccccc8)c7ccc65)cc5ccccc45)n3)cc2)cc1. The average molecular weight is 1530 g/mol. The molecule has 9 heteroatoms. The van der Waals surface area contributed by atoms with Crippen molar-refractivity contribution in [2.45, 2.75) is 0 Å². The molecule has 0 atom stereocenters. The molecule has 6 heterocycles. The third-order valence-corrected chi connectivity index (χ3v) is 23.7. The monoisotopic (exact) mass is 1530 g/mol. The second-order valence-electron chi connectivity index (χ2n) is 30.6. The Morgan fingerprint density at radius 1 is 0.150 bits per heavy atom. The van der Waals surface area contributed by atoms with E-state index in [2.05, 4.69) is 419 Å². The number of fused-ring (bicyclic) bond motifs is 16. The molecule has 0 spiro atoms. The number of hydrogen-bond acceptors (Lipinski definition) is 5. The van der Waals surface area contributed by atoms with Gasteiger partial charge in [-0.3, -0.25) is 0 Å². The van der Waals surface area contributed by atoms with Gasteiger partial charge in [0.15, 0.2) is 23.3 Å². The van der Waals surface area contributed by atoms with Crippen molar-refractivity contribution in [1.29, 1.82) is 0 Å². The lowest BCUT2D eigenvalue weighted by atomic mass is 10.00. The van der Waals surface area contributed by atoms with E-state index in [1.807, 2.05) is 30.3 Å². The van der Waals surface area contributed by atoms with E-state index in [0.29, 0.717) is 23.3 Å². The Labute approximate surface area is 691 Å². The molecule has 120 heavy (non-hydrogen) atoms. The minimum absolute atomic E-state index is 0.623. The zero-order valence-corrected chi connectivity index (χ0v) is 65.0. The first kappa shape index (κ1) is 69.3. The molecular weight excluding hydrogens is 1460 g/mol. The topological polar surface area (TPSA) is 84.2 Å². The van der Waals surface area contributed by atoms with Crippen molar-refractivity contribution in [1.82, 2.24) is 43.2 Å². The molecule has 9 nitrogen and oxygen atoms in total. The number of para-hydroxylation sites is 6. The van der Waals surface area contributed by atoms with E-state index in [4.69, 9.17) is 24.9 Å². The smallest absolute Gasteiger partial charge is 0.164 e. The van der Waals surface area contributed by atoms with Gasteiger partial charge in [0.1, 0.15) is 0 Å². The first-order chi connectivity index (χ1) is 59.5. The molecule has 18 aromatic carbocycles. The molecular formula is C111H71N9. The predicted octanol–water partition coefficient (Wildman–Crippen LogP) is 28.4. The van der Waals surface area contributed by atoms with Crippen molar-refractivity contribution in [2.24, 2.45) is 0 Å². The van der Waals surface area contributed by atoms with Crippen LogP contribution in [0.5, 0.6) is 0 Å². The van der Waals surface area contributed by atoms with Gasteiger partial charge in [-0.05, 0) is 147 Å². The molecule has 0 aliphatic carbocycles. The first-order valence-corrected chi connectivity index (χ1v) is 40.7. The molecule has 0 radical (unpaired) electrons. The van der Waals surface area contributed by atoms with Gasteiger partial charge in [-0.25, -0.2) is 24.9 Å². The highest BCUT2D eigenvalue weighted by Crippen LogP contribution is 2.47. The fourth-order valence-corrected chi connectivity index (χ4v) is 18.2. The summed E-state index contributed by atoms with van der Waals surface area (Å²) in [5.41, 5.74) is 26.0. The van der Waals surface area contributed by atoms with Crippen LogP contribution in [-0.2, 0) is 0 Å². The number of rotatable bonds is 12. The maximum Gasteiger partial charge on any atom is 0.164 e. The zero-order chi connectivity index (χ0) is 79.1. The standard InChI is InChI=1S/C56H36N4.C55H35N5/c1-4-16-37(17-5-1)38-28-30-40(31-29-38)49-36-48(39-18-6-2-7-19-39)57-56(58-49)47-35-43(34-41-20-10-11-23-44(41)47)60-51-27-15-13-25-46(51)55-53(60)33-32-52-54(55)45-24-12-14-26-50(45)59(52)42-21-8-3-9-22-42;1-4-16-36(17-5-1)37-28-30-39(31-29-37)54-56-53(38-18-6-2-7-19-38)57-55(58-54)46-35-42(34-40-20-10-11-23-43(40)46)60-48-27-15-13-25-45(48)52-50(60)33-32-49-51(52)44-24-12-14-26-47(44)59(49)41-21-8-3-9-22-41/h1-36H;1-35H. The number of nitrogens with zero attached hydrogens (tertiary/aromatic N) is 9. The van der Waals surface area contributed by atoms with Crippen LogP contribution in [0, 0.1) is 0 Å². The van der Waals surface area contributed by atoms with E-state index < -0.39 is 0 Å². The molecule has 560 valence electrons. The molecule has 24 rings (SSSR count). The van der Waals surface area contributed by atoms with Gasteiger partial charge in [0, 0.05) is 99.2 Å². The van der Waals surface area contributed by atoms with Crippen LogP contribution in [0.3, 0.4) is 0 Å². The first-order valence-electron chi connectivity index (χ1n) is 40.7. The normalized spacial score (nSPS) is 11.7. The van der Waals surface area contributed by atoms with Crippen molar-refractivity contribution in [3.63, 3.8) is 0 Å². The quantitative estimate of drug-likeness (QED) is 0.122. The lowest BCUT2D eigenvalue weighted by Crippen LogP contribution is -2.02. The Kier molecular flexibility index (Phi) is 16.7. The summed E-state index contributed by atoms with van der Waals surface area (Å²) in [5.74, 6) is 2.57. The molecule has 0 fully saturated rings. The highest BCUT2D eigenvalue weighted by molar-refractivity contribution is 6.30. The van der Waals surface area contributed by atoms with E-state index in [9.17, 15) is 0 Å². The molecule has 0 saturated carbocycles. The van der Waals surface area contributed by atoms with Gasteiger partial charge in [0.25, 0.3) is 0 Å². The lowest BCUT2D eigenvalue weighted by molar-refractivity contribution is 1.07. The molecule has 0 aliphatic rings. The Morgan fingerprint density at radius 2 is 0.400 bits per heavy atom. The van der Waals surface area contributed by atoms with E-state index in [1.165, 1.54) is 81.8 Å². The molecule has 0 N–H and O–H groups in total. The van der Waals surface area contributed by atoms with Gasteiger partial charge in [-0.2, -0.15) is 0 Å². The van der Waals surface area contributed by atoms with E-state index in [0.717, 1.165) is 117 Å². The largest absolute Gasteiger partial charge is 0.309 e. The molecule has 0 bridgehead atoms. The number of hydrogen-bond donors (Lipinski definition) is 0. The molecule has 0 saturated heterocycles. The average Bonchev–Trinajstić information content (AvgIpc) is 1.55. The summed E-state index contributed by atoms with van der Waals surface area (Å²) >= 11 is 0. The molecule has 0 unspecified atom stereocenters. The molecule has 0 amide bonds. The van der Waals surface area contributed by atoms with Crippen molar-refractivity contribution >= 4 is 109 Å². The molecule has 6 aromatic heterocycles. The van der Waals surface area contributed by atoms with Crippen molar-refractivity contribution in [2.75, 3.05) is 0 Å². The highest BCUT2D eigenvalue weighted by atomic mass is 15.0. The van der Waals surface area contributed by atoms with E-state index in [-0.39, 0.29) is 0 Å². The second-order valence-corrected chi connectivity index (χ2v) is 30.6. The molecule has 24 aromatic rings. The maximum absolute atomic E-state index is 5.38. The fraction of sp³-hybridized carbons (Fsp3) is 0. The minimum Gasteiger partial charge on any atom is -0.309 e. The summed E-state index contributed by atoms with van der Waals surface area (Å²) in [6.45, 7) is 0. The van der Waals surface area contributed by atoms with Crippen molar-refractivity contribution < 1.29 is 0 Å². The Balaban J connectivity index is 0.000000140. The summed E-state index contributed by atoms with van der Waals surface area (Å²) in [7, 11) is 0. The summed E-state index contributed by atoms with van der Waals surface area (Å²) < 4.78 is 9.63. The maximum atomic E-state index is 5.38. The van der Waals surface area contributed by atoms with E-state index in [1.54, 1.807) is 0 Å². The number of benzene rings is 18. The Hall–Kier alpha value is -16.2. The van der Waals surface area contributed by atoms with Crippen LogP contribution in [0.4, 0.5) is 0 Å².